The maximum atomic E-state index is 6.25. The number of hydrogen-bond donors (Lipinski definition) is 4. The lowest BCUT2D eigenvalue weighted by Crippen LogP contribution is -2.43. The predicted molar refractivity (Wildman–Crippen MR) is 107 cm³/mol. The lowest BCUT2D eigenvalue weighted by atomic mass is 9.91. The summed E-state index contributed by atoms with van der Waals surface area (Å²) in [6, 6.07) is 5.55. The van der Waals surface area contributed by atoms with Crippen LogP contribution in [0.3, 0.4) is 0 Å². The molecule has 0 saturated heterocycles. The molecule has 1 aliphatic carbocycles. The molecule has 3 aromatic rings. The predicted octanol–water partition coefficient (Wildman–Crippen LogP) is 2.42. The number of benzene rings is 1. The first kappa shape index (κ1) is 17.7. The molecular formula is C17H22ClN9. The van der Waals surface area contributed by atoms with Gasteiger partial charge in [-0.15, -0.1) is 5.10 Å². The fourth-order valence-electron chi connectivity index (χ4n) is 3.33. The number of hydrogen-bond acceptors (Lipinski definition) is 8. The summed E-state index contributed by atoms with van der Waals surface area (Å²) in [4.78, 5) is 9.18. The Bertz CT molecular complexity index is 970. The monoisotopic (exact) mass is 387 g/mol. The minimum atomic E-state index is 0.0928. The lowest BCUT2D eigenvalue weighted by molar-refractivity contribution is 0.402. The van der Waals surface area contributed by atoms with Gasteiger partial charge in [0.15, 0.2) is 17.0 Å². The number of aromatic nitrogens is 5. The van der Waals surface area contributed by atoms with E-state index in [2.05, 4.69) is 30.9 Å². The van der Waals surface area contributed by atoms with Gasteiger partial charge in [0.25, 0.3) is 0 Å². The Hall–Kier alpha value is -2.65. The second-order valence-corrected chi connectivity index (χ2v) is 7.25. The average molecular weight is 388 g/mol. The minimum Gasteiger partial charge on any atom is -0.397 e. The molecule has 2 unspecified atom stereocenters. The Labute approximate surface area is 161 Å². The molecule has 2 aromatic heterocycles. The topological polar surface area (TPSA) is 133 Å². The first-order valence-corrected chi connectivity index (χ1v) is 9.30. The van der Waals surface area contributed by atoms with Gasteiger partial charge in [-0.05, 0) is 31.0 Å². The minimum absolute atomic E-state index is 0.0928. The summed E-state index contributed by atoms with van der Waals surface area (Å²) in [5.74, 6) is 1.04. The molecule has 2 atom stereocenters. The van der Waals surface area contributed by atoms with Crippen LogP contribution in [0.4, 0.5) is 23.1 Å². The fourth-order valence-corrected chi connectivity index (χ4v) is 3.45. The van der Waals surface area contributed by atoms with Gasteiger partial charge in [-0.3, -0.25) is 0 Å². The van der Waals surface area contributed by atoms with Gasteiger partial charge in [-0.1, -0.05) is 29.7 Å². The van der Waals surface area contributed by atoms with Crippen molar-refractivity contribution in [3.05, 3.63) is 23.2 Å². The van der Waals surface area contributed by atoms with Crippen LogP contribution >= 0.6 is 11.6 Å². The van der Waals surface area contributed by atoms with Gasteiger partial charge >= 0.3 is 0 Å². The van der Waals surface area contributed by atoms with E-state index in [4.69, 9.17) is 23.1 Å². The van der Waals surface area contributed by atoms with Gasteiger partial charge < -0.3 is 22.1 Å². The molecule has 1 aliphatic rings. The SMILES string of the molecule is Cn1nnc2c(Nc3ccc(Cl)c(N)c3)nc(NC3CCCCC3N)nc21. The van der Waals surface area contributed by atoms with Crippen molar-refractivity contribution in [2.24, 2.45) is 12.8 Å². The smallest absolute Gasteiger partial charge is 0.227 e. The van der Waals surface area contributed by atoms with Gasteiger partial charge in [0.05, 0.1) is 10.7 Å². The molecule has 10 heteroatoms. The number of aryl methyl sites for hydroxylation is 1. The number of halogens is 1. The van der Waals surface area contributed by atoms with E-state index in [1.807, 2.05) is 6.07 Å². The van der Waals surface area contributed by atoms with Crippen LogP contribution in [0, 0.1) is 0 Å². The van der Waals surface area contributed by atoms with Gasteiger partial charge in [0, 0.05) is 24.8 Å². The molecule has 0 aliphatic heterocycles. The molecule has 0 bridgehead atoms. The number of nitrogens with two attached hydrogens (primary N) is 2. The maximum Gasteiger partial charge on any atom is 0.227 e. The number of rotatable bonds is 4. The average Bonchev–Trinajstić information content (AvgIpc) is 3.02. The Morgan fingerprint density at radius 2 is 2.04 bits per heavy atom. The third kappa shape index (κ3) is 3.60. The van der Waals surface area contributed by atoms with Crippen LogP contribution < -0.4 is 22.1 Å². The van der Waals surface area contributed by atoms with Gasteiger partial charge in [0.2, 0.25) is 5.95 Å². The summed E-state index contributed by atoms with van der Waals surface area (Å²) >= 11 is 6.00. The van der Waals surface area contributed by atoms with E-state index in [1.54, 1.807) is 23.9 Å². The molecule has 0 amide bonds. The quantitative estimate of drug-likeness (QED) is 0.501. The molecule has 1 saturated carbocycles. The molecular weight excluding hydrogens is 366 g/mol. The zero-order chi connectivity index (χ0) is 19.0. The second-order valence-electron chi connectivity index (χ2n) is 6.84. The van der Waals surface area contributed by atoms with Crippen molar-refractivity contribution in [2.45, 2.75) is 37.8 Å². The number of nitrogens with one attached hydrogen (secondary N) is 2. The summed E-state index contributed by atoms with van der Waals surface area (Å²) in [7, 11) is 1.79. The zero-order valence-electron chi connectivity index (χ0n) is 15.0. The molecule has 2 heterocycles. The molecule has 142 valence electrons. The highest BCUT2D eigenvalue weighted by Gasteiger charge is 2.23. The Kier molecular flexibility index (Phi) is 4.71. The number of fused-ring (bicyclic) bond motifs is 1. The number of anilines is 4. The van der Waals surface area contributed by atoms with E-state index in [1.165, 1.54) is 0 Å². The molecule has 0 radical (unpaired) electrons. The number of nitrogens with zero attached hydrogens (tertiary/aromatic N) is 5. The van der Waals surface area contributed by atoms with Gasteiger partial charge in [0.1, 0.15) is 0 Å². The van der Waals surface area contributed by atoms with E-state index in [9.17, 15) is 0 Å². The van der Waals surface area contributed by atoms with Crippen LogP contribution in [0.5, 0.6) is 0 Å². The van der Waals surface area contributed by atoms with Crippen LogP contribution in [0.15, 0.2) is 18.2 Å². The van der Waals surface area contributed by atoms with E-state index >= 15 is 0 Å². The normalized spacial score (nSPS) is 20.0. The lowest BCUT2D eigenvalue weighted by Gasteiger charge is -2.29. The van der Waals surface area contributed by atoms with Crippen molar-refractivity contribution in [2.75, 3.05) is 16.4 Å². The van der Waals surface area contributed by atoms with Crippen LogP contribution in [-0.4, -0.2) is 37.0 Å². The number of nitrogen functional groups attached to an aromatic ring is 1. The highest BCUT2D eigenvalue weighted by Crippen LogP contribution is 2.28. The van der Waals surface area contributed by atoms with Crippen LogP contribution in [0.1, 0.15) is 25.7 Å². The third-order valence-corrected chi connectivity index (χ3v) is 5.19. The van der Waals surface area contributed by atoms with Gasteiger partial charge in [-0.25, -0.2) is 4.68 Å². The van der Waals surface area contributed by atoms with Crippen molar-refractivity contribution in [3.63, 3.8) is 0 Å². The maximum absolute atomic E-state index is 6.25. The van der Waals surface area contributed by atoms with Crippen LogP contribution in [0.25, 0.3) is 11.2 Å². The van der Waals surface area contributed by atoms with Crippen molar-refractivity contribution < 1.29 is 0 Å². The highest BCUT2D eigenvalue weighted by molar-refractivity contribution is 6.33. The van der Waals surface area contributed by atoms with Crippen molar-refractivity contribution in [1.82, 2.24) is 25.0 Å². The second kappa shape index (κ2) is 7.16. The molecule has 27 heavy (non-hydrogen) atoms. The third-order valence-electron chi connectivity index (χ3n) is 4.84. The summed E-state index contributed by atoms with van der Waals surface area (Å²) in [6.07, 6.45) is 4.32. The van der Waals surface area contributed by atoms with Gasteiger partial charge in [-0.2, -0.15) is 9.97 Å². The summed E-state index contributed by atoms with van der Waals surface area (Å²) < 4.78 is 1.62. The van der Waals surface area contributed by atoms with Crippen LogP contribution in [-0.2, 0) is 7.05 Å². The molecule has 1 aromatic carbocycles. The molecule has 9 nitrogen and oxygen atoms in total. The Morgan fingerprint density at radius 3 is 2.81 bits per heavy atom. The van der Waals surface area contributed by atoms with Crippen molar-refractivity contribution >= 4 is 45.9 Å². The zero-order valence-corrected chi connectivity index (χ0v) is 15.7. The fraction of sp³-hybridized carbons (Fsp3) is 0.412. The first-order valence-electron chi connectivity index (χ1n) is 8.93. The molecule has 6 N–H and O–H groups in total. The van der Waals surface area contributed by atoms with Crippen molar-refractivity contribution in [1.29, 1.82) is 0 Å². The van der Waals surface area contributed by atoms with Crippen LogP contribution in [0.2, 0.25) is 5.02 Å². The Morgan fingerprint density at radius 1 is 1.22 bits per heavy atom. The highest BCUT2D eigenvalue weighted by atomic mass is 35.5. The Balaban J connectivity index is 1.69. The summed E-state index contributed by atoms with van der Waals surface area (Å²) in [6.45, 7) is 0. The first-order chi connectivity index (χ1) is 13.0. The molecule has 0 spiro atoms. The van der Waals surface area contributed by atoms with E-state index in [-0.39, 0.29) is 12.1 Å². The molecule has 4 rings (SSSR count). The summed E-state index contributed by atoms with van der Waals surface area (Å²) in [5, 5.41) is 15.4. The standard InChI is InChI=1S/C17H22ClN9/c1-27-16-14(25-26-27)15(21-9-6-7-10(18)12(20)8-9)23-17(24-16)22-13-5-3-2-4-11(13)19/h6-8,11,13H,2-5,19-20H2,1H3,(H2,21,22,23,24). The van der Waals surface area contributed by atoms with E-state index in [0.29, 0.717) is 33.6 Å². The van der Waals surface area contributed by atoms with E-state index in [0.717, 1.165) is 31.4 Å². The van der Waals surface area contributed by atoms with Crippen molar-refractivity contribution in [3.8, 4) is 0 Å². The summed E-state index contributed by atoms with van der Waals surface area (Å²) in [5.41, 5.74) is 14.6. The van der Waals surface area contributed by atoms with E-state index < -0.39 is 0 Å². The molecule has 1 fully saturated rings. The largest absolute Gasteiger partial charge is 0.397 e.